The van der Waals surface area contributed by atoms with E-state index in [1.165, 1.54) is 18.3 Å². The fourth-order valence-electron chi connectivity index (χ4n) is 3.75. The average molecular weight is 557 g/mol. The van der Waals surface area contributed by atoms with Crippen molar-refractivity contribution in [2.75, 3.05) is 45.2 Å². The molecule has 1 aliphatic heterocycles. The van der Waals surface area contributed by atoms with Crippen LogP contribution in [-0.2, 0) is 9.53 Å². The molecular formula is C28H27ClF2N4O4. The maximum Gasteiger partial charge on any atom is 0.298 e. The van der Waals surface area contributed by atoms with E-state index in [0.29, 0.717) is 43.2 Å². The van der Waals surface area contributed by atoms with E-state index in [-0.39, 0.29) is 16.7 Å². The molecule has 39 heavy (non-hydrogen) atoms. The molecule has 0 unspecified atom stereocenters. The molecule has 11 heteroatoms. The molecule has 204 valence electrons. The molecule has 2 heterocycles. The number of ether oxygens (including phenoxy) is 2. The molecule has 2 aromatic carbocycles. The van der Waals surface area contributed by atoms with Crippen molar-refractivity contribution < 1.29 is 27.8 Å². The summed E-state index contributed by atoms with van der Waals surface area (Å²) in [6.07, 6.45) is 4.03. The third-order valence-electron chi connectivity index (χ3n) is 5.89. The molecule has 3 N–H and O–H groups in total. The van der Waals surface area contributed by atoms with Gasteiger partial charge in [0.25, 0.3) is 11.8 Å². The summed E-state index contributed by atoms with van der Waals surface area (Å²) in [5, 5.41) is 2.31. The van der Waals surface area contributed by atoms with E-state index < -0.39 is 25.0 Å². The number of benzene rings is 2. The van der Waals surface area contributed by atoms with Crippen molar-refractivity contribution in [1.82, 2.24) is 15.2 Å². The fourth-order valence-corrected chi connectivity index (χ4v) is 3.98. The van der Waals surface area contributed by atoms with Crippen LogP contribution >= 0.6 is 11.6 Å². The lowest BCUT2D eigenvalue weighted by Crippen LogP contribution is -2.40. The quantitative estimate of drug-likeness (QED) is 0.381. The topological polar surface area (TPSA) is 107 Å². The second-order valence-corrected chi connectivity index (χ2v) is 9.25. The summed E-state index contributed by atoms with van der Waals surface area (Å²) in [5.41, 5.74) is 8.20. The standard InChI is InChI=1S/C28H27ClF2N4O4/c29-23-15-22(20-3-5-21(6-4-20)27(37)35-11-13-38-14-12-35)7-8-24(23)39-18-28(30,31)17-34-26(36)10-2-19-1-9-25(32)33-16-19/h1-10,15-16H,11-14,17-18H2,(H2,32,33)(H,34,36). The van der Waals surface area contributed by atoms with Crippen molar-refractivity contribution in [2.24, 2.45) is 0 Å². The molecule has 1 fully saturated rings. The molecule has 0 aliphatic carbocycles. The zero-order valence-corrected chi connectivity index (χ0v) is 21.7. The van der Waals surface area contributed by atoms with Crippen molar-refractivity contribution >= 4 is 35.3 Å². The Morgan fingerprint density at radius 3 is 2.49 bits per heavy atom. The molecular weight excluding hydrogens is 530 g/mol. The number of rotatable bonds is 9. The number of carbonyl (C=O) groups is 2. The van der Waals surface area contributed by atoms with Crippen LogP contribution in [0, 0.1) is 0 Å². The van der Waals surface area contributed by atoms with Crippen LogP contribution < -0.4 is 15.8 Å². The SMILES string of the molecule is Nc1ccc(C=CC(=O)NCC(F)(F)COc2ccc(-c3ccc(C(=O)N4CCOCC4)cc3)cc2Cl)cn1. The third-order valence-corrected chi connectivity index (χ3v) is 6.19. The summed E-state index contributed by atoms with van der Waals surface area (Å²) in [7, 11) is 0. The van der Waals surface area contributed by atoms with Crippen LogP contribution in [0.3, 0.4) is 0 Å². The molecule has 8 nitrogen and oxygen atoms in total. The highest BCUT2D eigenvalue weighted by atomic mass is 35.5. The van der Waals surface area contributed by atoms with Gasteiger partial charge < -0.3 is 25.4 Å². The summed E-state index contributed by atoms with van der Waals surface area (Å²) < 4.78 is 39.2. The molecule has 0 saturated carbocycles. The summed E-state index contributed by atoms with van der Waals surface area (Å²) in [6, 6.07) is 15.1. The molecule has 4 rings (SSSR count). The van der Waals surface area contributed by atoms with E-state index in [0.717, 1.165) is 17.2 Å². The zero-order chi connectivity index (χ0) is 27.8. The minimum Gasteiger partial charge on any atom is -0.486 e. The molecule has 0 atom stereocenters. The third kappa shape index (κ3) is 7.98. The van der Waals surface area contributed by atoms with E-state index in [1.807, 2.05) is 0 Å². The highest BCUT2D eigenvalue weighted by molar-refractivity contribution is 6.32. The Bertz CT molecular complexity index is 1330. The van der Waals surface area contributed by atoms with Gasteiger partial charge in [-0.1, -0.05) is 29.8 Å². The van der Waals surface area contributed by atoms with Crippen molar-refractivity contribution in [3.05, 3.63) is 83.0 Å². The molecule has 1 saturated heterocycles. The lowest BCUT2D eigenvalue weighted by atomic mass is 10.0. The Labute approximate surface area is 229 Å². The van der Waals surface area contributed by atoms with Gasteiger partial charge in [-0.3, -0.25) is 9.59 Å². The molecule has 1 aromatic heterocycles. The number of anilines is 1. The van der Waals surface area contributed by atoms with E-state index in [4.69, 9.17) is 26.8 Å². The van der Waals surface area contributed by atoms with Crippen molar-refractivity contribution in [3.63, 3.8) is 0 Å². The lowest BCUT2D eigenvalue weighted by molar-refractivity contribution is -0.119. The van der Waals surface area contributed by atoms with Crippen LogP contribution in [0.5, 0.6) is 5.75 Å². The second kappa shape index (κ2) is 12.7. The predicted octanol–water partition coefficient (Wildman–Crippen LogP) is 4.30. The molecule has 3 aromatic rings. The predicted molar refractivity (Wildman–Crippen MR) is 145 cm³/mol. The van der Waals surface area contributed by atoms with Crippen LogP contribution in [0.15, 0.2) is 66.9 Å². The number of aromatic nitrogens is 1. The molecule has 0 radical (unpaired) electrons. The second-order valence-electron chi connectivity index (χ2n) is 8.84. The largest absolute Gasteiger partial charge is 0.486 e. The monoisotopic (exact) mass is 556 g/mol. The van der Waals surface area contributed by atoms with Gasteiger partial charge in [0.2, 0.25) is 5.91 Å². The minimum atomic E-state index is -3.34. The number of carbonyl (C=O) groups excluding carboxylic acids is 2. The molecule has 0 bridgehead atoms. The Hall–Kier alpha value is -4.02. The van der Waals surface area contributed by atoms with Gasteiger partial charge in [0, 0.05) is 30.9 Å². The van der Waals surface area contributed by atoms with Gasteiger partial charge in [-0.15, -0.1) is 0 Å². The van der Waals surface area contributed by atoms with Crippen LogP contribution in [0.25, 0.3) is 17.2 Å². The summed E-state index contributed by atoms with van der Waals surface area (Å²) in [6.45, 7) is 0.277. The van der Waals surface area contributed by atoms with Gasteiger partial charge in [0.15, 0.2) is 6.61 Å². The summed E-state index contributed by atoms with van der Waals surface area (Å²) >= 11 is 6.29. The van der Waals surface area contributed by atoms with E-state index in [9.17, 15) is 18.4 Å². The number of hydrogen-bond donors (Lipinski definition) is 2. The van der Waals surface area contributed by atoms with Gasteiger partial charge in [-0.2, -0.15) is 0 Å². The molecule has 0 spiro atoms. The number of alkyl halides is 2. The maximum absolute atomic E-state index is 14.3. The number of morpholine rings is 1. The highest BCUT2D eigenvalue weighted by Gasteiger charge is 2.31. The van der Waals surface area contributed by atoms with Gasteiger partial charge >= 0.3 is 0 Å². The van der Waals surface area contributed by atoms with Crippen LogP contribution in [0.2, 0.25) is 5.02 Å². The Kier molecular flexibility index (Phi) is 9.11. The number of amides is 2. The van der Waals surface area contributed by atoms with E-state index in [1.54, 1.807) is 53.4 Å². The first-order valence-electron chi connectivity index (χ1n) is 12.2. The van der Waals surface area contributed by atoms with Gasteiger partial charge in [0.05, 0.1) is 24.8 Å². The number of nitrogens with one attached hydrogen (secondary N) is 1. The Morgan fingerprint density at radius 1 is 1.10 bits per heavy atom. The van der Waals surface area contributed by atoms with Crippen molar-refractivity contribution in [1.29, 1.82) is 0 Å². The molecule has 1 aliphatic rings. The number of nitrogen functional groups attached to an aromatic ring is 1. The van der Waals surface area contributed by atoms with Crippen LogP contribution in [0.1, 0.15) is 15.9 Å². The fraction of sp³-hybridized carbons (Fsp3) is 0.250. The molecule has 2 amide bonds. The Morgan fingerprint density at radius 2 is 1.82 bits per heavy atom. The first kappa shape index (κ1) is 28.0. The number of halogens is 3. The summed E-state index contributed by atoms with van der Waals surface area (Å²) in [5.74, 6) is -3.67. The van der Waals surface area contributed by atoms with Crippen LogP contribution in [-0.4, -0.2) is 67.1 Å². The van der Waals surface area contributed by atoms with E-state index >= 15 is 0 Å². The summed E-state index contributed by atoms with van der Waals surface area (Å²) in [4.78, 5) is 30.2. The van der Waals surface area contributed by atoms with Gasteiger partial charge in [0.1, 0.15) is 11.6 Å². The highest BCUT2D eigenvalue weighted by Crippen LogP contribution is 2.31. The first-order valence-corrected chi connectivity index (χ1v) is 12.5. The lowest BCUT2D eigenvalue weighted by Gasteiger charge is -2.26. The van der Waals surface area contributed by atoms with Crippen molar-refractivity contribution in [3.8, 4) is 16.9 Å². The van der Waals surface area contributed by atoms with E-state index in [2.05, 4.69) is 10.3 Å². The number of nitrogens with zero attached hydrogens (tertiary/aromatic N) is 2. The first-order chi connectivity index (χ1) is 18.7. The number of nitrogens with two attached hydrogens (primary N) is 1. The zero-order valence-electron chi connectivity index (χ0n) is 20.9. The van der Waals surface area contributed by atoms with Gasteiger partial charge in [-0.05, 0) is 59.2 Å². The van der Waals surface area contributed by atoms with Gasteiger partial charge in [-0.25, -0.2) is 13.8 Å². The van der Waals surface area contributed by atoms with Crippen molar-refractivity contribution in [2.45, 2.75) is 5.92 Å². The smallest absolute Gasteiger partial charge is 0.298 e. The van der Waals surface area contributed by atoms with Crippen LogP contribution in [0.4, 0.5) is 14.6 Å². The normalized spacial score (nSPS) is 13.9. The Balaban J connectivity index is 1.29. The number of hydrogen-bond acceptors (Lipinski definition) is 6. The average Bonchev–Trinajstić information content (AvgIpc) is 2.95. The minimum absolute atomic E-state index is 0.0566. The number of pyridine rings is 1. The maximum atomic E-state index is 14.3.